The molecule has 0 unspecified atom stereocenters. The molecular formula is C20H16N4O4S2. The van der Waals surface area contributed by atoms with Gasteiger partial charge in [0.2, 0.25) is 0 Å². The Bertz CT molecular complexity index is 1340. The first-order valence-corrected chi connectivity index (χ1v) is 11.5. The minimum absolute atomic E-state index is 0.123. The van der Waals surface area contributed by atoms with Crippen LogP contribution in [-0.2, 0) is 9.84 Å². The van der Waals surface area contributed by atoms with Crippen LogP contribution in [0.25, 0.3) is 22.7 Å². The van der Waals surface area contributed by atoms with Gasteiger partial charge in [-0.05, 0) is 31.2 Å². The van der Waals surface area contributed by atoms with Crippen LogP contribution in [0.2, 0.25) is 0 Å². The quantitative estimate of drug-likeness (QED) is 0.501. The average Bonchev–Trinajstić information content (AvgIpc) is 3.37. The minimum atomic E-state index is -3.40. The number of aromatic nitrogens is 3. The lowest BCUT2D eigenvalue weighted by atomic mass is 10.1. The SMILES string of the molecule is Cc1cccc(-c2csc(NC(=O)c3cnoc3-c3cccc(S(C)(=O)=O)c3)n2)n1. The van der Waals surface area contributed by atoms with Crippen molar-refractivity contribution in [2.75, 3.05) is 11.6 Å². The van der Waals surface area contributed by atoms with Gasteiger partial charge in [0.1, 0.15) is 11.3 Å². The highest BCUT2D eigenvalue weighted by Crippen LogP contribution is 2.28. The maximum atomic E-state index is 12.8. The Morgan fingerprint density at radius 2 is 1.90 bits per heavy atom. The molecule has 152 valence electrons. The van der Waals surface area contributed by atoms with E-state index in [1.807, 2.05) is 30.5 Å². The molecule has 0 saturated carbocycles. The summed E-state index contributed by atoms with van der Waals surface area (Å²) in [6, 6.07) is 11.8. The van der Waals surface area contributed by atoms with Crippen molar-refractivity contribution in [1.82, 2.24) is 15.1 Å². The van der Waals surface area contributed by atoms with E-state index < -0.39 is 15.7 Å². The third-order valence-corrected chi connectivity index (χ3v) is 6.08. The van der Waals surface area contributed by atoms with Crippen molar-refractivity contribution < 1.29 is 17.7 Å². The Morgan fingerprint density at radius 1 is 1.10 bits per heavy atom. The number of carbonyl (C=O) groups excluding carboxylic acids is 1. The molecule has 0 fully saturated rings. The number of pyridine rings is 1. The van der Waals surface area contributed by atoms with Crippen molar-refractivity contribution in [3.63, 3.8) is 0 Å². The molecule has 1 N–H and O–H groups in total. The number of sulfone groups is 1. The summed E-state index contributed by atoms with van der Waals surface area (Å²) in [5, 5.41) is 8.64. The Labute approximate surface area is 176 Å². The van der Waals surface area contributed by atoms with Crippen molar-refractivity contribution in [3.05, 3.63) is 65.3 Å². The Balaban J connectivity index is 1.59. The first kappa shape index (κ1) is 19.9. The lowest BCUT2D eigenvalue weighted by molar-refractivity contribution is 0.102. The van der Waals surface area contributed by atoms with Crippen molar-refractivity contribution >= 4 is 32.2 Å². The van der Waals surface area contributed by atoms with Gasteiger partial charge in [0.15, 0.2) is 20.7 Å². The van der Waals surface area contributed by atoms with Crippen LogP contribution >= 0.6 is 11.3 Å². The number of hydrogen-bond donors (Lipinski definition) is 1. The van der Waals surface area contributed by atoms with Crippen LogP contribution < -0.4 is 5.32 Å². The van der Waals surface area contributed by atoms with Gasteiger partial charge in [0.05, 0.1) is 16.8 Å². The van der Waals surface area contributed by atoms with Gasteiger partial charge < -0.3 is 4.52 Å². The number of benzene rings is 1. The highest BCUT2D eigenvalue weighted by molar-refractivity contribution is 7.90. The molecule has 3 aromatic heterocycles. The average molecular weight is 441 g/mol. The van der Waals surface area contributed by atoms with Crippen LogP contribution in [-0.4, -0.2) is 35.7 Å². The second-order valence-corrected chi connectivity index (χ2v) is 9.40. The molecule has 4 rings (SSSR count). The van der Waals surface area contributed by atoms with Gasteiger partial charge in [-0.1, -0.05) is 23.4 Å². The summed E-state index contributed by atoms with van der Waals surface area (Å²) in [6.45, 7) is 1.89. The number of thiazole rings is 1. The molecule has 0 radical (unpaired) electrons. The van der Waals surface area contributed by atoms with Crippen molar-refractivity contribution in [1.29, 1.82) is 0 Å². The van der Waals surface area contributed by atoms with Crippen molar-refractivity contribution in [2.45, 2.75) is 11.8 Å². The standard InChI is InChI=1S/C20H16N4O4S2/c1-12-5-3-8-16(22-12)17-11-29-20(23-17)24-19(25)15-10-21-28-18(15)13-6-4-7-14(9-13)30(2,26)27/h3-11H,1-2H3,(H,23,24,25). The zero-order valence-corrected chi connectivity index (χ0v) is 17.6. The topological polar surface area (TPSA) is 115 Å². The molecule has 0 atom stereocenters. The van der Waals surface area contributed by atoms with Crippen LogP contribution in [0.1, 0.15) is 16.1 Å². The predicted molar refractivity (Wildman–Crippen MR) is 113 cm³/mol. The van der Waals surface area contributed by atoms with Crippen LogP contribution in [0.4, 0.5) is 5.13 Å². The van der Waals surface area contributed by atoms with Gasteiger partial charge in [-0.3, -0.25) is 15.1 Å². The molecule has 0 saturated heterocycles. The van der Waals surface area contributed by atoms with E-state index in [0.29, 0.717) is 16.4 Å². The van der Waals surface area contributed by atoms with E-state index in [1.54, 1.807) is 12.1 Å². The summed E-state index contributed by atoms with van der Waals surface area (Å²) in [5.41, 5.74) is 2.85. The highest BCUT2D eigenvalue weighted by atomic mass is 32.2. The molecule has 4 aromatic rings. The van der Waals surface area contributed by atoms with E-state index in [2.05, 4.69) is 20.4 Å². The fourth-order valence-electron chi connectivity index (χ4n) is 2.78. The second-order valence-electron chi connectivity index (χ2n) is 6.52. The molecule has 0 aliphatic rings. The molecule has 0 bridgehead atoms. The molecule has 30 heavy (non-hydrogen) atoms. The maximum absolute atomic E-state index is 12.8. The number of amides is 1. The summed E-state index contributed by atoms with van der Waals surface area (Å²) < 4.78 is 28.9. The van der Waals surface area contributed by atoms with Gasteiger partial charge in [0, 0.05) is 22.9 Å². The summed E-state index contributed by atoms with van der Waals surface area (Å²) in [4.78, 5) is 21.7. The van der Waals surface area contributed by atoms with Gasteiger partial charge in [0.25, 0.3) is 5.91 Å². The number of anilines is 1. The number of carbonyl (C=O) groups is 1. The van der Waals surface area contributed by atoms with E-state index in [-0.39, 0.29) is 16.2 Å². The summed E-state index contributed by atoms with van der Waals surface area (Å²) in [7, 11) is -3.40. The van der Waals surface area contributed by atoms with Crippen molar-refractivity contribution in [2.24, 2.45) is 0 Å². The summed E-state index contributed by atoms with van der Waals surface area (Å²) >= 11 is 1.27. The fourth-order valence-corrected chi connectivity index (χ4v) is 4.14. The zero-order chi connectivity index (χ0) is 21.3. The van der Waals surface area contributed by atoms with Crippen LogP contribution in [0.5, 0.6) is 0 Å². The smallest absolute Gasteiger partial charge is 0.263 e. The third kappa shape index (κ3) is 4.14. The van der Waals surface area contributed by atoms with E-state index in [9.17, 15) is 13.2 Å². The number of rotatable bonds is 5. The molecule has 0 spiro atoms. The van der Waals surface area contributed by atoms with Gasteiger partial charge >= 0.3 is 0 Å². The van der Waals surface area contributed by atoms with Crippen LogP contribution in [0, 0.1) is 6.92 Å². The number of aryl methyl sites for hydroxylation is 1. The third-order valence-electron chi connectivity index (χ3n) is 4.21. The molecule has 0 aliphatic heterocycles. The van der Waals surface area contributed by atoms with E-state index in [1.165, 1.54) is 29.7 Å². The van der Waals surface area contributed by atoms with E-state index in [4.69, 9.17) is 4.52 Å². The highest BCUT2D eigenvalue weighted by Gasteiger charge is 2.20. The second kappa shape index (κ2) is 7.81. The maximum Gasteiger partial charge on any atom is 0.263 e. The normalized spacial score (nSPS) is 11.4. The first-order valence-electron chi connectivity index (χ1n) is 8.77. The molecule has 0 aliphatic carbocycles. The summed E-state index contributed by atoms with van der Waals surface area (Å²) in [5.74, 6) is -0.288. The molecule has 1 aromatic carbocycles. The molecule has 8 nitrogen and oxygen atoms in total. The lowest BCUT2D eigenvalue weighted by Crippen LogP contribution is -2.12. The number of nitrogens with one attached hydrogen (secondary N) is 1. The van der Waals surface area contributed by atoms with Crippen LogP contribution in [0.15, 0.2) is 63.5 Å². The molecular weight excluding hydrogens is 424 g/mol. The Kier molecular flexibility index (Phi) is 5.18. The number of hydrogen-bond acceptors (Lipinski definition) is 8. The van der Waals surface area contributed by atoms with Crippen LogP contribution in [0.3, 0.4) is 0 Å². The van der Waals surface area contributed by atoms with E-state index in [0.717, 1.165) is 17.6 Å². The van der Waals surface area contributed by atoms with Gasteiger partial charge in [-0.25, -0.2) is 13.4 Å². The van der Waals surface area contributed by atoms with Gasteiger partial charge in [-0.15, -0.1) is 11.3 Å². The largest absolute Gasteiger partial charge is 0.355 e. The molecule has 10 heteroatoms. The summed E-state index contributed by atoms with van der Waals surface area (Å²) in [6.07, 6.45) is 2.40. The molecule has 1 amide bonds. The lowest BCUT2D eigenvalue weighted by Gasteiger charge is -2.04. The van der Waals surface area contributed by atoms with E-state index >= 15 is 0 Å². The Hall–Kier alpha value is -3.37. The number of nitrogens with zero attached hydrogens (tertiary/aromatic N) is 3. The fraction of sp³-hybridized carbons (Fsp3) is 0.100. The van der Waals surface area contributed by atoms with Gasteiger partial charge in [-0.2, -0.15) is 0 Å². The Morgan fingerprint density at radius 3 is 2.67 bits per heavy atom. The predicted octanol–water partition coefficient (Wildman–Crippen LogP) is 3.82. The zero-order valence-electron chi connectivity index (χ0n) is 16.0. The minimum Gasteiger partial charge on any atom is -0.355 e. The monoisotopic (exact) mass is 440 g/mol. The molecule has 3 heterocycles. The van der Waals surface area contributed by atoms with Crippen molar-refractivity contribution in [3.8, 4) is 22.7 Å². The first-order chi connectivity index (χ1) is 14.3.